The van der Waals surface area contributed by atoms with Crippen molar-refractivity contribution >= 4 is 57.3 Å². The van der Waals surface area contributed by atoms with E-state index in [0.29, 0.717) is 11.1 Å². The minimum absolute atomic E-state index is 0.157. The smallest absolute Gasteiger partial charge is 0.271 e. The van der Waals surface area contributed by atoms with Gasteiger partial charge in [-0.2, -0.15) is 5.10 Å². The summed E-state index contributed by atoms with van der Waals surface area (Å²) in [5.41, 5.74) is 4.58. The van der Waals surface area contributed by atoms with E-state index < -0.39 is 0 Å². The van der Waals surface area contributed by atoms with Crippen molar-refractivity contribution in [2.24, 2.45) is 5.10 Å². The molecule has 21 heavy (non-hydrogen) atoms. The highest BCUT2D eigenvalue weighted by molar-refractivity contribution is 14.1. The molecule has 4 nitrogen and oxygen atoms in total. The number of phenols is 1. The Bertz CT molecular complexity index is 715. The number of nitrogens with zero attached hydrogens (tertiary/aromatic N) is 1. The van der Waals surface area contributed by atoms with Crippen LogP contribution in [0, 0.1) is 14.1 Å². The van der Waals surface area contributed by atoms with E-state index in [0.717, 1.165) is 12.7 Å². The quantitative estimate of drug-likeness (QED) is 0.380. The number of aryl methyl sites for hydroxylation is 1. The molecule has 6 heteroatoms. The maximum Gasteiger partial charge on any atom is 0.271 e. The summed E-state index contributed by atoms with van der Waals surface area (Å²) in [6, 6.07) is 10.9. The zero-order valence-corrected chi connectivity index (χ0v) is 15.4. The van der Waals surface area contributed by atoms with E-state index in [9.17, 15) is 9.90 Å². The Balaban J connectivity index is 2.11. The number of aromatic hydroxyl groups is 1. The fraction of sp³-hybridized carbons (Fsp3) is 0.0667. The molecular weight excluding hydrogens is 494 g/mol. The number of hydrazone groups is 1. The van der Waals surface area contributed by atoms with Gasteiger partial charge >= 0.3 is 0 Å². The van der Waals surface area contributed by atoms with Crippen LogP contribution >= 0.6 is 45.2 Å². The van der Waals surface area contributed by atoms with Gasteiger partial charge in [-0.05, 0) is 76.4 Å². The van der Waals surface area contributed by atoms with Gasteiger partial charge in [0.15, 0.2) is 0 Å². The van der Waals surface area contributed by atoms with Crippen molar-refractivity contribution in [2.75, 3.05) is 0 Å². The second kappa shape index (κ2) is 7.21. The first-order valence-corrected chi connectivity index (χ1v) is 8.21. The molecule has 0 heterocycles. The van der Waals surface area contributed by atoms with Crippen molar-refractivity contribution in [1.82, 2.24) is 5.43 Å². The van der Waals surface area contributed by atoms with Gasteiger partial charge in [-0.3, -0.25) is 4.79 Å². The van der Waals surface area contributed by atoms with Gasteiger partial charge in [-0.25, -0.2) is 5.43 Å². The SMILES string of the molecule is Cc1cccc(C(=O)N/N=C/c2cc(I)cc(I)c2O)c1. The maximum absolute atomic E-state index is 11.9. The highest BCUT2D eigenvalue weighted by Gasteiger charge is 2.06. The van der Waals surface area contributed by atoms with Crippen molar-refractivity contribution in [3.05, 3.63) is 60.2 Å². The standard InChI is InChI=1S/C15H12I2N2O2/c1-9-3-2-4-10(5-9)15(21)19-18-8-11-6-12(16)7-13(17)14(11)20/h2-8,20H,1H3,(H,19,21)/b18-8+. The zero-order chi connectivity index (χ0) is 15.4. The van der Waals surface area contributed by atoms with Crippen LogP contribution in [-0.2, 0) is 0 Å². The van der Waals surface area contributed by atoms with Gasteiger partial charge in [-0.15, -0.1) is 0 Å². The lowest BCUT2D eigenvalue weighted by molar-refractivity contribution is 0.0955. The van der Waals surface area contributed by atoms with Gasteiger partial charge in [-0.1, -0.05) is 17.7 Å². The third-order valence-corrected chi connectivity index (χ3v) is 4.15. The lowest BCUT2D eigenvalue weighted by Crippen LogP contribution is -2.17. The van der Waals surface area contributed by atoms with Crippen molar-refractivity contribution in [3.8, 4) is 5.75 Å². The van der Waals surface area contributed by atoms with E-state index in [4.69, 9.17) is 0 Å². The molecule has 0 radical (unpaired) electrons. The number of hydrogen-bond acceptors (Lipinski definition) is 3. The molecule has 0 bridgehead atoms. The Morgan fingerprint density at radius 2 is 2.05 bits per heavy atom. The average molecular weight is 506 g/mol. The molecule has 0 aliphatic rings. The summed E-state index contributed by atoms with van der Waals surface area (Å²) in [5.74, 6) is -0.126. The number of carbonyl (C=O) groups excluding carboxylic acids is 1. The second-order valence-corrected chi connectivity index (χ2v) is 6.80. The zero-order valence-electron chi connectivity index (χ0n) is 11.1. The summed E-state index contributed by atoms with van der Waals surface area (Å²) in [6.07, 6.45) is 1.44. The van der Waals surface area contributed by atoms with Gasteiger partial charge in [0.25, 0.3) is 5.91 Å². The summed E-state index contributed by atoms with van der Waals surface area (Å²) in [6.45, 7) is 1.92. The fourth-order valence-electron chi connectivity index (χ4n) is 1.70. The molecule has 0 aliphatic carbocycles. The Morgan fingerprint density at radius 1 is 1.29 bits per heavy atom. The van der Waals surface area contributed by atoms with Crippen LogP contribution in [0.25, 0.3) is 0 Å². The molecule has 2 aromatic rings. The normalized spacial score (nSPS) is 10.8. The Morgan fingerprint density at radius 3 is 2.76 bits per heavy atom. The number of benzene rings is 2. The van der Waals surface area contributed by atoms with E-state index >= 15 is 0 Å². The van der Waals surface area contributed by atoms with E-state index in [1.165, 1.54) is 6.21 Å². The van der Waals surface area contributed by atoms with Crippen LogP contribution in [0.1, 0.15) is 21.5 Å². The number of rotatable bonds is 3. The molecule has 0 spiro atoms. The Kier molecular flexibility index (Phi) is 5.57. The number of carbonyl (C=O) groups is 1. The van der Waals surface area contributed by atoms with Crippen molar-refractivity contribution in [2.45, 2.75) is 6.92 Å². The van der Waals surface area contributed by atoms with Crippen molar-refractivity contribution in [1.29, 1.82) is 0 Å². The monoisotopic (exact) mass is 506 g/mol. The number of nitrogens with one attached hydrogen (secondary N) is 1. The van der Waals surface area contributed by atoms with Gasteiger partial charge in [0.05, 0.1) is 9.78 Å². The van der Waals surface area contributed by atoms with E-state index in [1.807, 2.05) is 47.7 Å². The molecule has 0 saturated heterocycles. The summed E-state index contributed by atoms with van der Waals surface area (Å²) in [4.78, 5) is 11.9. The van der Waals surface area contributed by atoms with Crippen LogP contribution < -0.4 is 5.43 Å². The summed E-state index contributed by atoms with van der Waals surface area (Å²) < 4.78 is 1.73. The molecule has 1 amide bonds. The van der Waals surface area contributed by atoms with Gasteiger partial charge in [0.1, 0.15) is 5.75 Å². The maximum atomic E-state index is 11.9. The third kappa shape index (κ3) is 4.40. The fourth-order valence-corrected chi connectivity index (χ4v) is 3.59. The number of hydrogen-bond donors (Lipinski definition) is 2. The lowest BCUT2D eigenvalue weighted by Gasteiger charge is -2.03. The molecule has 0 unspecified atom stereocenters. The Hall–Kier alpha value is -1.16. The highest BCUT2D eigenvalue weighted by atomic mass is 127. The second-order valence-electron chi connectivity index (χ2n) is 4.39. The van der Waals surface area contributed by atoms with Crippen LogP contribution in [0.5, 0.6) is 5.75 Å². The molecule has 108 valence electrons. The van der Waals surface area contributed by atoms with Gasteiger partial charge < -0.3 is 5.11 Å². The van der Waals surface area contributed by atoms with E-state index in [2.05, 4.69) is 33.1 Å². The number of phenolic OH excluding ortho intramolecular Hbond substituents is 1. The summed E-state index contributed by atoms with van der Waals surface area (Å²) in [7, 11) is 0. The summed E-state index contributed by atoms with van der Waals surface area (Å²) in [5, 5.41) is 13.8. The highest BCUT2D eigenvalue weighted by Crippen LogP contribution is 2.25. The lowest BCUT2D eigenvalue weighted by atomic mass is 10.1. The van der Waals surface area contributed by atoms with Gasteiger partial charge in [0.2, 0.25) is 0 Å². The third-order valence-electron chi connectivity index (χ3n) is 2.71. The molecule has 0 aliphatic heterocycles. The van der Waals surface area contributed by atoms with Crippen LogP contribution in [0.3, 0.4) is 0 Å². The summed E-state index contributed by atoms with van der Waals surface area (Å²) >= 11 is 4.21. The molecule has 2 aromatic carbocycles. The predicted octanol–water partition coefficient (Wildman–Crippen LogP) is 3.67. The van der Waals surface area contributed by atoms with E-state index in [-0.39, 0.29) is 11.7 Å². The molecule has 0 fully saturated rings. The van der Waals surface area contributed by atoms with Crippen LogP contribution in [0.2, 0.25) is 0 Å². The molecule has 0 atom stereocenters. The Labute approximate surface area is 149 Å². The molecular formula is C15H12I2N2O2. The van der Waals surface area contributed by atoms with Crippen molar-refractivity contribution in [3.63, 3.8) is 0 Å². The molecule has 0 saturated carbocycles. The molecule has 2 N–H and O–H groups in total. The first kappa shape index (κ1) is 16.2. The number of amides is 1. The van der Waals surface area contributed by atoms with Crippen LogP contribution in [0.15, 0.2) is 41.5 Å². The predicted molar refractivity (Wildman–Crippen MR) is 99.8 cm³/mol. The van der Waals surface area contributed by atoms with Gasteiger partial charge in [0, 0.05) is 14.7 Å². The van der Waals surface area contributed by atoms with Crippen molar-refractivity contribution < 1.29 is 9.90 Å². The first-order valence-electron chi connectivity index (χ1n) is 6.05. The average Bonchev–Trinajstić information content (AvgIpc) is 2.43. The first-order chi connectivity index (χ1) is 9.97. The van der Waals surface area contributed by atoms with Crippen LogP contribution in [-0.4, -0.2) is 17.2 Å². The largest absolute Gasteiger partial charge is 0.506 e. The minimum Gasteiger partial charge on any atom is -0.506 e. The topological polar surface area (TPSA) is 61.7 Å². The minimum atomic E-state index is -0.283. The molecule has 0 aromatic heterocycles. The van der Waals surface area contributed by atoms with E-state index in [1.54, 1.807) is 18.2 Å². The van der Waals surface area contributed by atoms with Crippen LogP contribution in [0.4, 0.5) is 0 Å². The number of halogens is 2. The molecule has 2 rings (SSSR count).